The molecule has 2 aromatic carbocycles. The zero-order chi connectivity index (χ0) is 15.4. The highest BCUT2D eigenvalue weighted by molar-refractivity contribution is 6.31. The van der Waals surface area contributed by atoms with E-state index in [4.69, 9.17) is 23.2 Å². The Kier molecular flexibility index (Phi) is 4.98. The van der Waals surface area contributed by atoms with E-state index in [1.165, 1.54) is 6.07 Å². The van der Waals surface area contributed by atoms with Gasteiger partial charge in [0, 0.05) is 11.6 Å². The zero-order valence-corrected chi connectivity index (χ0v) is 12.3. The van der Waals surface area contributed by atoms with E-state index in [0.717, 1.165) is 11.6 Å². The highest BCUT2D eigenvalue weighted by Crippen LogP contribution is 2.30. The average molecular weight is 329 g/mol. The van der Waals surface area contributed by atoms with Crippen molar-refractivity contribution in [3.8, 4) is 0 Å². The molecule has 7 heteroatoms. The summed E-state index contributed by atoms with van der Waals surface area (Å²) in [6.45, 7) is 0.449. The SMILES string of the molecule is O=[N+]([O-])c1cc(F)c(Cl)cc1NCCc1ccc(Cl)cc1. The number of halogens is 3. The van der Waals surface area contributed by atoms with E-state index in [9.17, 15) is 14.5 Å². The second-order valence-corrected chi connectivity index (χ2v) is 5.19. The van der Waals surface area contributed by atoms with Gasteiger partial charge in [0.1, 0.15) is 11.5 Å². The van der Waals surface area contributed by atoms with Crippen LogP contribution in [-0.2, 0) is 6.42 Å². The summed E-state index contributed by atoms with van der Waals surface area (Å²) in [6.07, 6.45) is 0.642. The number of nitro groups is 1. The predicted octanol–water partition coefficient (Wildman–Crippen LogP) is 4.70. The van der Waals surface area contributed by atoms with Gasteiger partial charge in [0.2, 0.25) is 0 Å². The summed E-state index contributed by atoms with van der Waals surface area (Å²) in [5, 5.41) is 14.3. The van der Waals surface area contributed by atoms with Crippen molar-refractivity contribution in [2.45, 2.75) is 6.42 Å². The minimum Gasteiger partial charge on any atom is -0.379 e. The lowest BCUT2D eigenvalue weighted by Crippen LogP contribution is -2.07. The summed E-state index contributed by atoms with van der Waals surface area (Å²) < 4.78 is 13.3. The molecule has 110 valence electrons. The lowest BCUT2D eigenvalue weighted by molar-refractivity contribution is -0.384. The van der Waals surface area contributed by atoms with E-state index >= 15 is 0 Å². The maximum absolute atomic E-state index is 13.3. The van der Waals surface area contributed by atoms with Gasteiger partial charge in [-0.2, -0.15) is 0 Å². The van der Waals surface area contributed by atoms with Crippen LogP contribution >= 0.6 is 23.2 Å². The minimum absolute atomic E-state index is 0.158. The van der Waals surface area contributed by atoms with Gasteiger partial charge in [-0.25, -0.2) is 4.39 Å². The molecule has 4 nitrogen and oxygen atoms in total. The summed E-state index contributed by atoms with van der Waals surface area (Å²) in [5.74, 6) is -0.813. The van der Waals surface area contributed by atoms with Gasteiger partial charge in [-0.05, 0) is 30.2 Å². The first-order valence-corrected chi connectivity index (χ1v) is 6.84. The van der Waals surface area contributed by atoms with Gasteiger partial charge in [0.05, 0.1) is 16.0 Å². The molecule has 0 bridgehead atoms. The standard InChI is InChI=1S/C14H11Cl2FN2O2/c15-10-3-1-9(2-4-10)5-6-18-13-7-11(16)12(17)8-14(13)19(20)21/h1-4,7-8,18H,5-6H2. The molecule has 0 aromatic heterocycles. The Balaban J connectivity index is 2.07. The molecule has 0 spiro atoms. The molecule has 0 aliphatic rings. The molecule has 0 unspecified atom stereocenters. The first kappa shape index (κ1) is 15.5. The van der Waals surface area contributed by atoms with Crippen LogP contribution in [0.1, 0.15) is 5.56 Å². The van der Waals surface area contributed by atoms with Crippen LogP contribution in [0.25, 0.3) is 0 Å². The highest BCUT2D eigenvalue weighted by atomic mass is 35.5. The molecule has 0 heterocycles. The van der Waals surface area contributed by atoms with E-state index in [1.54, 1.807) is 12.1 Å². The number of nitrogens with zero attached hydrogens (tertiary/aromatic N) is 1. The first-order valence-electron chi connectivity index (χ1n) is 6.09. The topological polar surface area (TPSA) is 55.2 Å². The summed E-state index contributed by atoms with van der Waals surface area (Å²) in [6, 6.07) is 9.32. The largest absolute Gasteiger partial charge is 0.379 e. The van der Waals surface area contributed by atoms with Crippen molar-refractivity contribution >= 4 is 34.6 Å². The molecule has 2 rings (SSSR count). The molecule has 0 saturated heterocycles. The molecule has 0 aliphatic carbocycles. The monoisotopic (exact) mass is 328 g/mol. The number of hydrogen-bond acceptors (Lipinski definition) is 3. The number of rotatable bonds is 5. The van der Waals surface area contributed by atoms with Crippen LogP contribution in [0.4, 0.5) is 15.8 Å². The number of hydrogen-bond donors (Lipinski definition) is 1. The quantitative estimate of drug-likeness (QED) is 0.639. The Morgan fingerprint density at radius 3 is 2.48 bits per heavy atom. The summed E-state index contributed by atoms with van der Waals surface area (Å²) in [7, 11) is 0. The minimum atomic E-state index is -0.813. The van der Waals surface area contributed by atoms with Gasteiger partial charge in [-0.1, -0.05) is 35.3 Å². The summed E-state index contributed by atoms with van der Waals surface area (Å²) in [4.78, 5) is 10.2. The lowest BCUT2D eigenvalue weighted by atomic mass is 10.1. The molecule has 0 saturated carbocycles. The third-order valence-corrected chi connectivity index (χ3v) is 3.42. The van der Waals surface area contributed by atoms with Crippen molar-refractivity contribution in [1.29, 1.82) is 0 Å². The number of benzene rings is 2. The Labute approximate surface area is 130 Å². The van der Waals surface area contributed by atoms with Crippen molar-refractivity contribution in [1.82, 2.24) is 0 Å². The molecule has 21 heavy (non-hydrogen) atoms. The molecule has 2 aromatic rings. The van der Waals surface area contributed by atoms with E-state index < -0.39 is 10.7 Å². The van der Waals surface area contributed by atoms with E-state index in [2.05, 4.69) is 5.32 Å². The van der Waals surface area contributed by atoms with Gasteiger partial charge in [0.15, 0.2) is 0 Å². The first-order chi connectivity index (χ1) is 9.97. The summed E-state index contributed by atoms with van der Waals surface area (Å²) in [5.41, 5.74) is 0.885. The normalized spacial score (nSPS) is 10.4. The van der Waals surface area contributed by atoms with Gasteiger partial charge < -0.3 is 5.32 Å². The molecule has 0 amide bonds. The van der Waals surface area contributed by atoms with E-state index in [1.807, 2.05) is 12.1 Å². The van der Waals surface area contributed by atoms with Gasteiger partial charge in [0.25, 0.3) is 5.69 Å². The molecule has 0 fully saturated rings. The molecule has 0 aliphatic heterocycles. The predicted molar refractivity (Wildman–Crippen MR) is 81.7 cm³/mol. The lowest BCUT2D eigenvalue weighted by Gasteiger charge is -2.08. The Hall–Kier alpha value is -1.85. The van der Waals surface area contributed by atoms with Crippen molar-refractivity contribution in [3.05, 3.63) is 67.9 Å². The summed E-state index contributed by atoms with van der Waals surface area (Å²) >= 11 is 11.4. The Morgan fingerprint density at radius 1 is 1.19 bits per heavy atom. The molecule has 0 atom stereocenters. The van der Waals surface area contributed by atoms with Gasteiger partial charge in [-0.15, -0.1) is 0 Å². The smallest absolute Gasteiger partial charge is 0.295 e. The number of nitro benzene ring substituents is 1. The van der Waals surface area contributed by atoms with Gasteiger partial charge in [-0.3, -0.25) is 10.1 Å². The fraction of sp³-hybridized carbons (Fsp3) is 0.143. The van der Waals surface area contributed by atoms with Crippen molar-refractivity contribution in [2.75, 3.05) is 11.9 Å². The number of nitrogens with one attached hydrogen (secondary N) is 1. The fourth-order valence-corrected chi connectivity index (χ4v) is 2.11. The van der Waals surface area contributed by atoms with Crippen LogP contribution in [-0.4, -0.2) is 11.5 Å². The maximum atomic E-state index is 13.3. The zero-order valence-electron chi connectivity index (χ0n) is 10.8. The van der Waals surface area contributed by atoms with Crippen LogP contribution in [0, 0.1) is 15.9 Å². The van der Waals surface area contributed by atoms with Crippen LogP contribution in [0.3, 0.4) is 0 Å². The highest BCUT2D eigenvalue weighted by Gasteiger charge is 2.17. The molecule has 1 N–H and O–H groups in total. The molecular weight excluding hydrogens is 318 g/mol. The number of anilines is 1. The fourth-order valence-electron chi connectivity index (χ4n) is 1.82. The third kappa shape index (κ3) is 4.06. The van der Waals surface area contributed by atoms with Crippen molar-refractivity contribution < 1.29 is 9.31 Å². The maximum Gasteiger partial charge on any atom is 0.295 e. The van der Waals surface area contributed by atoms with E-state index in [0.29, 0.717) is 18.0 Å². The second kappa shape index (κ2) is 6.74. The van der Waals surface area contributed by atoms with Crippen LogP contribution in [0.2, 0.25) is 10.0 Å². The second-order valence-electron chi connectivity index (χ2n) is 4.34. The Bertz CT molecular complexity index is 663. The van der Waals surface area contributed by atoms with Crippen molar-refractivity contribution in [2.24, 2.45) is 0 Å². The molecule has 0 radical (unpaired) electrons. The third-order valence-electron chi connectivity index (χ3n) is 2.88. The van der Waals surface area contributed by atoms with E-state index in [-0.39, 0.29) is 16.4 Å². The van der Waals surface area contributed by atoms with Crippen LogP contribution in [0.5, 0.6) is 0 Å². The van der Waals surface area contributed by atoms with Gasteiger partial charge >= 0.3 is 0 Å². The van der Waals surface area contributed by atoms with Crippen molar-refractivity contribution in [3.63, 3.8) is 0 Å². The Morgan fingerprint density at radius 2 is 1.86 bits per heavy atom. The average Bonchev–Trinajstić information content (AvgIpc) is 2.44. The van der Waals surface area contributed by atoms with Crippen LogP contribution < -0.4 is 5.32 Å². The molecular formula is C14H11Cl2FN2O2. The van der Waals surface area contributed by atoms with Crippen LogP contribution in [0.15, 0.2) is 36.4 Å².